The van der Waals surface area contributed by atoms with Crippen molar-refractivity contribution in [3.63, 3.8) is 0 Å². The molecule has 62 heavy (non-hydrogen) atoms. The van der Waals surface area contributed by atoms with E-state index in [9.17, 15) is 9.59 Å². The second-order valence-corrected chi connectivity index (χ2v) is 16.9. The average molecular weight is 901 g/mol. The van der Waals surface area contributed by atoms with E-state index in [1.54, 1.807) is 14.2 Å². The van der Waals surface area contributed by atoms with Gasteiger partial charge >= 0.3 is 0 Å². The molecular weight excluding hydrogens is 845 g/mol. The highest BCUT2D eigenvalue weighted by atomic mass is 35.5. The topological polar surface area (TPSA) is 84.2 Å². The third-order valence-electron chi connectivity index (χ3n) is 12.3. The Balaban J connectivity index is 0.000000188. The second-order valence-electron chi connectivity index (χ2n) is 15.8. The average Bonchev–Trinajstić information content (AvgIpc) is 3.82. The second kappa shape index (κ2) is 21.2. The fraction of sp³-hybridized carbons (Fsp3) is 0.400. The van der Waals surface area contributed by atoms with Crippen LogP contribution in [0.3, 0.4) is 0 Å². The van der Waals surface area contributed by atoms with E-state index in [-0.39, 0.29) is 23.0 Å². The van der Waals surface area contributed by atoms with E-state index in [1.807, 2.05) is 91.5 Å². The molecule has 2 aliphatic rings. The van der Waals surface area contributed by atoms with E-state index in [2.05, 4.69) is 21.3 Å². The van der Waals surface area contributed by atoms with Gasteiger partial charge in [-0.2, -0.15) is 0 Å². The standard InChI is InChI=1S/C27H33ClN2O3.C23H23Cl2NO3/c1-4-29(5-2)27(31)20-12-9-13-22-24(20)25-23(32-3)15-14-21(28)26(25)30(22)16-17-33-18-19-10-7-6-8-11-19;1-28-19-11-10-17(24)22-21(19)20-16(23(25)27)8-5-9-18(20)26(22)12-13-29-14-15-6-3-2-4-7-15/h6-8,10-11,14-15,20H,4-5,9,12-13,16-18H2,1-3H3;2-4,6-7,10-11,16H,5,8-9,12-14H2,1H3. The van der Waals surface area contributed by atoms with Gasteiger partial charge in [0.15, 0.2) is 0 Å². The van der Waals surface area contributed by atoms with Crippen LogP contribution in [0.4, 0.5) is 0 Å². The molecule has 0 bridgehead atoms. The number of fused-ring (bicyclic) bond motifs is 6. The lowest BCUT2D eigenvalue weighted by atomic mass is 9.84. The highest BCUT2D eigenvalue weighted by Crippen LogP contribution is 2.47. The number of methoxy groups -OCH3 is 2. The van der Waals surface area contributed by atoms with Crippen molar-refractivity contribution in [1.29, 1.82) is 0 Å². The summed E-state index contributed by atoms with van der Waals surface area (Å²) >= 11 is 19.3. The predicted molar refractivity (Wildman–Crippen MR) is 249 cm³/mol. The van der Waals surface area contributed by atoms with Crippen LogP contribution in [0, 0.1) is 0 Å². The number of carbonyl (C=O) groups is 2. The van der Waals surface area contributed by atoms with Crippen LogP contribution in [0.5, 0.6) is 11.5 Å². The molecular formula is C50H56Cl3N3O6. The molecule has 328 valence electrons. The lowest BCUT2D eigenvalue weighted by Crippen LogP contribution is -2.36. The molecule has 4 aromatic carbocycles. The number of hydrogen-bond acceptors (Lipinski definition) is 6. The molecule has 0 saturated carbocycles. The fourth-order valence-electron chi connectivity index (χ4n) is 9.42. The van der Waals surface area contributed by atoms with Crippen molar-refractivity contribution in [3.8, 4) is 11.5 Å². The van der Waals surface area contributed by atoms with Crippen molar-refractivity contribution in [2.24, 2.45) is 0 Å². The Kier molecular flexibility index (Phi) is 15.6. The largest absolute Gasteiger partial charge is 0.496 e. The smallest absolute Gasteiger partial charge is 0.230 e. The molecule has 0 saturated heterocycles. The first-order chi connectivity index (χ1) is 30.2. The molecule has 12 heteroatoms. The first-order valence-electron chi connectivity index (χ1n) is 21.7. The van der Waals surface area contributed by atoms with Crippen molar-refractivity contribution in [2.45, 2.75) is 90.5 Å². The summed E-state index contributed by atoms with van der Waals surface area (Å²) in [4.78, 5) is 27.6. The summed E-state index contributed by atoms with van der Waals surface area (Å²) in [5.74, 6) is 1.18. The van der Waals surface area contributed by atoms with Gasteiger partial charge in [-0.05, 0) is 110 Å². The molecule has 0 spiro atoms. The maximum absolute atomic E-state index is 13.5. The van der Waals surface area contributed by atoms with Gasteiger partial charge in [0, 0.05) is 48.3 Å². The third-order valence-corrected chi connectivity index (χ3v) is 13.1. The summed E-state index contributed by atoms with van der Waals surface area (Å²) in [5, 5.41) is 2.87. The minimum atomic E-state index is -0.332. The Morgan fingerprint density at radius 2 is 1.08 bits per heavy atom. The zero-order valence-electron chi connectivity index (χ0n) is 36.1. The monoisotopic (exact) mass is 899 g/mol. The minimum Gasteiger partial charge on any atom is -0.496 e. The molecule has 2 atom stereocenters. The van der Waals surface area contributed by atoms with E-state index < -0.39 is 0 Å². The van der Waals surface area contributed by atoms with Crippen LogP contribution in [0.15, 0.2) is 84.9 Å². The fourth-order valence-corrected chi connectivity index (χ4v) is 10.2. The summed E-state index contributed by atoms with van der Waals surface area (Å²) in [5.41, 5.74) is 8.49. The number of carbonyl (C=O) groups excluding carboxylic acids is 2. The first kappa shape index (κ1) is 45.5. The molecule has 2 aliphatic carbocycles. The predicted octanol–water partition coefficient (Wildman–Crippen LogP) is 11.5. The minimum absolute atomic E-state index is 0.171. The van der Waals surface area contributed by atoms with Crippen molar-refractivity contribution >= 4 is 67.8 Å². The summed E-state index contributed by atoms with van der Waals surface area (Å²) in [6.07, 6.45) is 5.28. The van der Waals surface area contributed by atoms with E-state index in [0.717, 1.165) is 99.8 Å². The van der Waals surface area contributed by atoms with Crippen molar-refractivity contribution < 1.29 is 28.5 Å². The Morgan fingerprint density at radius 1 is 0.645 bits per heavy atom. The SMILES string of the molecule is CCN(CC)C(=O)C1CCCc2c1c1c(OC)ccc(Cl)c1n2CCOCc1ccccc1.COc1ccc(Cl)c2c1c1c(n2CCOCc2ccccc2)CCCC1C(=O)Cl. The van der Waals surface area contributed by atoms with Crippen LogP contribution in [-0.4, -0.2) is 65.7 Å². The van der Waals surface area contributed by atoms with Crippen LogP contribution in [0.25, 0.3) is 21.8 Å². The quantitative estimate of drug-likeness (QED) is 0.0711. The number of rotatable bonds is 16. The molecule has 1 amide bonds. The zero-order valence-corrected chi connectivity index (χ0v) is 38.3. The Morgan fingerprint density at radius 3 is 1.50 bits per heavy atom. The molecule has 8 rings (SSSR count). The highest BCUT2D eigenvalue weighted by molar-refractivity contribution is 6.64. The Labute approximate surface area is 379 Å². The van der Waals surface area contributed by atoms with Gasteiger partial charge in [-0.1, -0.05) is 83.9 Å². The maximum Gasteiger partial charge on any atom is 0.230 e. The van der Waals surface area contributed by atoms with Crippen molar-refractivity contribution in [2.75, 3.05) is 40.5 Å². The summed E-state index contributed by atoms with van der Waals surface area (Å²) in [7, 11) is 3.31. The van der Waals surface area contributed by atoms with Gasteiger partial charge in [0.05, 0.1) is 73.6 Å². The number of likely N-dealkylation sites (N-methyl/N-ethyl adjacent to an activating group) is 1. The van der Waals surface area contributed by atoms with Gasteiger partial charge in [0.1, 0.15) is 11.5 Å². The molecule has 2 aromatic heterocycles. The van der Waals surface area contributed by atoms with Crippen molar-refractivity contribution in [3.05, 3.63) is 129 Å². The Hall–Kier alpha value is -4.51. The van der Waals surface area contributed by atoms with Crippen molar-refractivity contribution in [1.82, 2.24) is 14.0 Å². The number of ether oxygens (including phenoxy) is 4. The number of amides is 1. The van der Waals surface area contributed by atoms with Crippen LogP contribution >= 0.6 is 34.8 Å². The van der Waals surface area contributed by atoms with Crippen LogP contribution in [0.2, 0.25) is 10.0 Å². The first-order valence-corrected chi connectivity index (χ1v) is 22.8. The number of nitrogens with zero attached hydrogens (tertiary/aromatic N) is 3. The van der Waals surface area contributed by atoms with Gasteiger partial charge in [0.2, 0.25) is 11.1 Å². The van der Waals surface area contributed by atoms with Gasteiger partial charge in [-0.3, -0.25) is 9.59 Å². The van der Waals surface area contributed by atoms with E-state index in [4.69, 9.17) is 53.8 Å². The van der Waals surface area contributed by atoms with Gasteiger partial charge < -0.3 is 33.0 Å². The highest BCUT2D eigenvalue weighted by Gasteiger charge is 2.36. The molecule has 2 heterocycles. The van der Waals surface area contributed by atoms with Gasteiger partial charge in [-0.15, -0.1) is 0 Å². The summed E-state index contributed by atoms with van der Waals surface area (Å²) < 4.78 is 27.7. The van der Waals surface area contributed by atoms with Crippen LogP contribution < -0.4 is 9.47 Å². The van der Waals surface area contributed by atoms with E-state index in [1.165, 1.54) is 5.69 Å². The molecule has 0 N–H and O–H groups in total. The maximum atomic E-state index is 13.5. The molecule has 6 aromatic rings. The zero-order chi connectivity index (χ0) is 43.8. The lowest BCUT2D eigenvalue weighted by Gasteiger charge is -2.29. The van der Waals surface area contributed by atoms with Crippen LogP contribution in [0.1, 0.15) is 85.0 Å². The third kappa shape index (κ3) is 9.53. The number of benzene rings is 4. The molecule has 2 unspecified atom stereocenters. The lowest BCUT2D eigenvalue weighted by molar-refractivity contribution is -0.132. The number of hydrogen-bond donors (Lipinski definition) is 0. The molecule has 0 fully saturated rings. The Bertz CT molecular complexity index is 2480. The van der Waals surface area contributed by atoms with Crippen LogP contribution in [-0.2, 0) is 58.2 Å². The normalized spacial score (nSPS) is 15.7. The summed E-state index contributed by atoms with van der Waals surface area (Å²) in [6, 6.07) is 27.8. The van der Waals surface area contributed by atoms with Gasteiger partial charge in [0.25, 0.3) is 0 Å². The number of aromatic nitrogens is 2. The van der Waals surface area contributed by atoms with E-state index in [0.29, 0.717) is 62.7 Å². The molecule has 9 nitrogen and oxygen atoms in total. The van der Waals surface area contributed by atoms with Gasteiger partial charge in [-0.25, -0.2) is 0 Å². The van der Waals surface area contributed by atoms with E-state index >= 15 is 0 Å². The number of halogens is 3. The molecule has 0 radical (unpaired) electrons. The summed E-state index contributed by atoms with van der Waals surface area (Å²) in [6.45, 7) is 9.06. The molecule has 0 aliphatic heterocycles.